The monoisotopic (exact) mass is 361 g/mol. The Morgan fingerprint density at radius 3 is 2.85 bits per heavy atom. The SMILES string of the molecule is Cc1cccc(N=c2oc3ccccc3cc2C(=O)Nc2nccs2)c1. The molecule has 0 aliphatic heterocycles. The summed E-state index contributed by atoms with van der Waals surface area (Å²) in [6, 6.07) is 17.1. The van der Waals surface area contributed by atoms with Crippen LogP contribution in [0.5, 0.6) is 0 Å². The van der Waals surface area contributed by atoms with Gasteiger partial charge in [-0.1, -0.05) is 30.3 Å². The van der Waals surface area contributed by atoms with Crippen molar-refractivity contribution in [1.29, 1.82) is 0 Å². The van der Waals surface area contributed by atoms with E-state index in [2.05, 4.69) is 15.3 Å². The number of benzene rings is 2. The van der Waals surface area contributed by atoms with Gasteiger partial charge in [0, 0.05) is 17.0 Å². The standard InChI is InChI=1S/C20H15N3O2S/c1-13-5-4-7-15(11-13)22-19-16(18(24)23-20-21-9-10-26-20)12-14-6-2-3-8-17(14)25-19/h2-12H,1H3,(H,21,23,24). The summed E-state index contributed by atoms with van der Waals surface area (Å²) in [4.78, 5) is 21.4. The van der Waals surface area contributed by atoms with Gasteiger partial charge in [-0.3, -0.25) is 10.1 Å². The van der Waals surface area contributed by atoms with Crippen LogP contribution in [0.4, 0.5) is 10.8 Å². The highest BCUT2D eigenvalue weighted by Crippen LogP contribution is 2.17. The van der Waals surface area contributed by atoms with E-state index in [0.29, 0.717) is 16.3 Å². The normalized spacial score (nSPS) is 11.7. The number of carbonyl (C=O) groups is 1. The molecule has 2 aromatic carbocycles. The first-order valence-corrected chi connectivity index (χ1v) is 8.92. The lowest BCUT2D eigenvalue weighted by Gasteiger charge is -2.05. The van der Waals surface area contributed by atoms with Crippen molar-refractivity contribution in [3.63, 3.8) is 0 Å². The molecular formula is C20H15N3O2S. The molecule has 0 saturated heterocycles. The number of aromatic nitrogens is 1. The molecule has 0 unspecified atom stereocenters. The highest BCUT2D eigenvalue weighted by molar-refractivity contribution is 7.13. The third-order valence-corrected chi connectivity index (χ3v) is 4.47. The number of thiazole rings is 1. The number of fused-ring (bicyclic) bond motifs is 1. The number of hydrogen-bond donors (Lipinski definition) is 1. The Bertz CT molecular complexity index is 1150. The molecule has 26 heavy (non-hydrogen) atoms. The van der Waals surface area contributed by atoms with Crippen molar-refractivity contribution in [1.82, 2.24) is 4.98 Å². The van der Waals surface area contributed by atoms with Gasteiger partial charge in [0.1, 0.15) is 11.1 Å². The Balaban J connectivity index is 1.87. The third kappa shape index (κ3) is 3.41. The number of nitrogens with zero attached hydrogens (tertiary/aromatic N) is 2. The number of anilines is 1. The first kappa shape index (κ1) is 16.2. The lowest BCUT2D eigenvalue weighted by molar-refractivity contribution is 0.102. The van der Waals surface area contributed by atoms with Gasteiger partial charge in [-0.2, -0.15) is 0 Å². The van der Waals surface area contributed by atoms with Crippen LogP contribution in [0.25, 0.3) is 11.0 Å². The zero-order valence-electron chi connectivity index (χ0n) is 14.0. The van der Waals surface area contributed by atoms with Crippen molar-refractivity contribution >= 4 is 39.0 Å². The smallest absolute Gasteiger partial charge is 0.262 e. The summed E-state index contributed by atoms with van der Waals surface area (Å²) in [7, 11) is 0. The van der Waals surface area contributed by atoms with Gasteiger partial charge >= 0.3 is 0 Å². The average molecular weight is 361 g/mol. The van der Waals surface area contributed by atoms with E-state index in [1.165, 1.54) is 11.3 Å². The molecule has 0 radical (unpaired) electrons. The van der Waals surface area contributed by atoms with Gasteiger partial charge in [0.2, 0.25) is 5.55 Å². The number of carbonyl (C=O) groups excluding carboxylic acids is 1. The topological polar surface area (TPSA) is 67.5 Å². The zero-order chi connectivity index (χ0) is 17.9. The average Bonchev–Trinajstić information content (AvgIpc) is 3.14. The molecule has 1 amide bonds. The van der Waals surface area contributed by atoms with E-state index in [1.54, 1.807) is 17.6 Å². The number of para-hydroxylation sites is 1. The maximum Gasteiger partial charge on any atom is 0.262 e. The molecule has 6 heteroatoms. The fourth-order valence-corrected chi connectivity index (χ4v) is 3.10. The van der Waals surface area contributed by atoms with Crippen LogP contribution in [0.3, 0.4) is 0 Å². The van der Waals surface area contributed by atoms with Gasteiger partial charge in [-0.25, -0.2) is 9.98 Å². The minimum Gasteiger partial charge on any atom is -0.438 e. The number of amides is 1. The summed E-state index contributed by atoms with van der Waals surface area (Å²) in [5.74, 6) is -0.305. The predicted octanol–water partition coefficient (Wildman–Crippen LogP) is 4.68. The quantitative estimate of drug-likeness (QED) is 0.576. The number of hydrogen-bond acceptors (Lipinski definition) is 5. The lowest BCUT2D eigenvalue weighted by Crippen LogP contribution is -2.21. The van der Waals surface area contributed by atoms with Crippen LogP contribution < -0.4 is 10.9 Å². The van der Waals surface area contributed by atoms with E-state index in [0.717, 1.165) is 16.6 Å². The molecule has 5 nitrogen and oxygen atoms in total. The molecule has 1 N–H and O–H groups in total. The third-order valence-electron chi connectivity index (χ3n) is 3.79. The van der Waals surface area contributed by atoms with Crippen LogP contribution in [0.2, 0.25) is 0 Å². The van der Waals surface area contributed by atoms with E-state index < -0.39 is 0 Å². The first-order valence-electron chi connectivity index (χ1n) is 8.04. The lowest BCUT2D eigenvalue weighted by atomic mass is 10.1. The minimum atomic E-state index is -0.305. The van der Waals surface area contributed by atoms with Gasteiger partial charge in [-0.05, 0) is 36.8 Å². The van der Waals surface area contributed by atoms with Crippen molar-refractivity contribution in [3.05, 3.63) is 82.9 Å². The largest absolute Gasteiger partial charge is 0.438 e. The van der Waals surface area contributed by atoms with Crippen LogP contribution in [-0.4, -0.2) is 10.9 Å². The molecule has 2 heterocycles. The molecule has 0 aliphatic rings. The van der Waals surface area contributed by atoms with Crippen LogP contribution in [-0.2, 0) is 0 Å². The summed E-state index contributed by atoms with van der Waals surface area (Å²) in [5.41, 5.74) is 3.11. The second-order valence-corrected chi connectivity index (χ2v) is 6.64. The van der Waals surface area contributed by atoms with Crippen molar-refractivity contribution in [2.45, 2.75) is 6.92 Å². The van der Waals surface area contributed by atoms with Crippen LogP contribution in [0.1, 0.15) is 15.9 Å². The molecule has 0 atom stereocenters. The summed E-state index contributed by atoms with van der Waals surface area (Å²) >= 11 is 1.36. The van der Waals surface area contributed by atoms with Crippen molar-refractivity contribution < 1.29 is 9.21 Å². The summed E-state index contributed by atoms with van der Waals surface area (Å²) in [6.45, 7) is 1.99. The number of nitrogens with one attached hydrogen (secondary N) is 1. The highest BCUT2D eigenvalue weighted by atomic mass is 32.1. The van der Waals surface area contributed by atoms with E-state index in [9.17, 15) is 4.79 Å². The molecule has 4 rings (SSSR count). The molecule has 0 bridgehead atoms. The molecule has 0 aliphatic carbocycles. The molecule has 2 aromatic heterocycles. The minimum absolute atomic E-state index is 0.267. The van der Waals surface area contributed by atoms with Crippen LogP contribution >= 0.6 is 11.3 Å². The molecule has 0 saturated carbocycles. The summed E-state index contributed by atoms with van der Waals surface area (Å²) in [6.07, 6.45) is 1.64. The fraction of sp³-hybridized carbons (Fsp3) is 0.0500. The number of aryl methyl sites for hydroxylation is 1. The Morgan fingerprint density at radius 2 is 2.04 bits per heavy atom. The summed E-state index contributed by atoms with van der Waals surface area (Å²) in [5, 5.41) is 5.96. The molecule has 4 aromatic rings. The summed E-state index contributed by atoms with van der Waals surface area (Å²) < 4.78 is 5.93. The van der Waals surface area contributed by atoms with Gasteiger partial charge in [-0.15, -0.1) is 11.3 Å². The van der Waals surface area contributed by atoms with E-state index in [-0.39, 0.29) is 11.5 Å². The van der Waals surface area contributed by atoms with Gasteiger partial charge in [0.15, 0.2) is 5.13 Å². The van der Waals surface area contributed by atoms with Gasteiger partial charge in [0.05, 0.1) is 5.69 Å². The van der Waals surface area contributed by atoms with Gasteiger partial charge < -0.3 is 4.42 Å². The second kappa shape index (κ2) is 6.93. The van der Waals surface area contributed by atoms with Crippen LogP contribution in [0, 0.1) is 6.92 Å². The van der Waals surface area contributed by atoms with Gasteiger partial charge in [0.25, 0.3) is 5.91 Å². The number of rotatable bonds is 3. The predicted molar refractivity (Wildman–Crippen MR) is 103 cm³/mol. The Hall–Kier alpha value is -3.25. The Labute approximate surface area is 153 Å². The zero-order valence-corrected chi connectivity index (χ0v) is 14.8. The Kier molecular flexibility index (Phi) is 4.33. The highest BCUT2D eigenvalue weighted by Gasteiger charge is 2.14. The first-order chi connectivity index (χ1) is 12.7. The van der Waals surface area contributed by atoms with Crippen molar-refractivity contribution in [2.75, 3.05) is 5.32 Å². The second-order valence-electron chi connectivity index (χ2n) is 5.75. The molecule has 0 spiro atoms. The maximum atomic E-state index is 12.8. The molecule has 0 fully saturated rings. The molecule has 128 valence electrons. The van der Waals surface area contributed by atoms with Crippen LogP contribution in [0.15, 0.2) is 75.6 Å². The Morgan fingerprint density at radius 1 is 1.15 bits per heavy atom. The maximum absolute atomic E-state index is 12.8. The van der Waals surface area contributed by atoms with Crippen molar-refractivity contribution in [3.8, 4) is 0 Å². The van der Waals surface area contributed by atoms with E-state index in [1.807, 2.05) is 55.5 Å². The fourth-order valence-electron chi connectivity index (χ4n) is 2.58. The van der Waals surface area contributed by atoms with Crippen molar-refractivity contribution in [2.24, 2.45) is 4.99 Å². The van der Waals surface area contributed by atoms with E-state index in [4.69, 9.17) is 4.42 Å². The molecular weight excluding hydrogens is 346 g/mol. The van der Waals surface area contributed by atoms with E-state index >= 15 is 0 Å².